The Morgan fingerprint density at radius 1 is 0.950 bits per heavy atom. The molecule has 5 nitrogen and oxygen atoms in total. The molecular formula is C12H7N5S3. The Morgan fingerprint density at radius 2 is 1.75 bits per heavy atom. The largest absolute Gasteiger partial charge is 0.383 e. The van der Waals surface area contributed by atoms with Crippen molar-refractivity contribution in [2.45, 2.75) is 10.2 Å². The van der Waals surface area contributed by atoms with Crippen LogP contribution in [0, 0.1) is 0 Å². The second-order valence-electron chi connectivity index (χ2n) is 3.95. The van der Waals surface area contributed by atoms with E-state index in [1.165, 1.54) is 11.8 Å². The van der Waals surface area contributed by atoms with E-state index in [-0.39, 0.29) is 0 Å². The summed E-state index contributed by atoms with van der Waals surface area (Å²) in [5.74, 6) is 0.509. The molecule has 0 unspecified atom stereocenters. The minimum absolute atomic E-state index is 0.509. The number of anilines is 1. The predicted octanol–water partition coefficient (Wildman–Crippen LogP) is 3.43. The van der Waals surface area contributed by atoms with Crippen molar-refractivity contribution in [3.05, 3.63) is 29.2 Å². The zero-order valence-corrected chi connectivity index (χ0v) is 12.4. The van der Waals surface area contributed by atoms with Gasteiger partial charge in [0, 0.05) is 5.39 Å². The Balaban J connectivity index is 1.82. The van der Waals surface area contributed by atoms with Gasteiger partial charge in [-0.1, -0.05) is 0 Å². The monoisotopic (exact) mass is 317 g/mol. The van der Waals surface area contributed by atoms with Crippen LogP contribution in [0.2, 0.25) is 0 Å². The Morgan fingerprint density at radius 3 is 2.65 bits per heavy atom. The van der Waals surface area contributed by atoms with Crippen molar-refractivity contribution in [1.82, 2.24) is 19.9 Å². The Hall–Kier alpha value is -1.77. The van der Waals surface area contributed by atoms with Gasteiger partial charge >= 0.3 is 0 Å². The molecule has 8 heteroatoms. The van der Waals surface area contributed by atoms with Crippen molar-refractivity contribution < 1.29 is 0 Å². The van der Waals surface area contributed by atoms with E-state index in [1.54, 1.807) is 29.0 Å². The molecule has 0 saturated carbocycles. The topological polar surface area (TPSA) is 77.6 Å². The van der Waals surface area contributed by atoms with E-state index in [4.69, 9.17) is 5.73 Å². The first-order valence-electron chi connectivity index (χ1n) is 5.68. The maximum Gasteiger partial charge on any atom is 0.197 e. The van der Waals surface area contributed by atoms with E-state index in [1.807, 2.05) is 22.9 Å². The molecule has 20 heavy (non-hydrogen) atoms. The third-order valence-electron chi connectivity index (χ3n) is 2.75. The molecule has 0 aliphatic rings. The fourth-order valence-electron chi connectivity index (χ4n) is 1.84. The smallest absolute Gasteiger partial charge is 0.197 e. The summed E-state index contributed by atoms with van der Waals surface area (Å²) in [5.41, 5.74) is 5.96. The maximum atomic E-state index is 5.96. The highest BCUT2D eigenvalue weighted by Gasteiger charge is 2.11. The Labute approximate surface area is 125 Å². The quantitative estimate of drug-likeness (QED) is 0.451. The van der Waals surface area contributed by atoms with Gasteiger partial charge in [-0.3, -0.25) is 0 Å². The normalized spacial score (nSPS) is 11.4. The molecule has 0 spiro atoms. The van der Waals surface area contributed by atoms with E-state index >= 15 is 0 Å². The molecule has 0 aliphatic carbocycles. The predicted molar refractivity (Wildman–Crippen MR) is 83.4 cm³/mol. The SMILES string of the molecule is Nc1nc(Sc2ncnc3sccc23)nc2sccc12. The van der Waals surface area contributed by atoms with Crippen molar-refractivity contribution in [2.24, 2.45) is 0 Å². The van der Waals surface area contributed by atoms with Gasteiger partial charge in [-0.15, -0.1) is 22.7 Å². The van der Waals surface area contributed by atoms with Crippen LogP contribution >= 0.6 is 34.4 Å². The van der Waals surface area contributed by atoms with E-state index in [2.05, 4.69) is 19.9 Å². The van der Waals surface area contributed by atoms with Gasteiger partial charge in [-0.2, -0.15) is 0 Å². The molecule has 4 aromatic rings. The van der Waals surface area contributed by atoms with Crippen molar-refractivity contribution in [3.8, 4) is 0 Å². The van der Waals surface area contributed by atoms with E-state index in [9.17, 15) is 0 Å². The maximum absolute atomic E-state index is 5.96. The third kappa shape index (κ3) is 1.92. The molecule has 4 aromatic heterocycles. The lowest BCUT2D eigenvalue weighted by Crippen LogP contribution is -1.95. The standard InChI is InChI=1S/C12H7N5S3/c13-8-6-1-3-19-11(6)17-12(16-8)20-10-7-2-4-18-9(7)14-5-15-10/h1-5H,(H2,13,16,17). The summed E-state index contributed by atoms with van der Waals surface area (Å²) >= 11 is 4.56. The average molecular weight is 317 g/mol. The van der Waals surface area contributed by atoms with Crippen LogP contribution in [-0.2, 0) is 0 Å². The number of nitrogens with zero attached hydrogens (tertiary/aromatic N) is 4. The lowest BCUT2D eigenvalue weighted by atomic mass is 10.4. The molecule has 2 N–H and O–H groups in total. The number of hydrogen-bond donors (Lipinski definition) is 1. The van der Waals surface area contributed by atoms with Gasteiger partial charge in [0.2, 0.25) is 0 Å². The third-order valence-corrected chi connectivity index (χ3v) is 5.26. The summed E-state index contributed by atoms with van der Waals surface area (Å²) in [5, 5.41) is 7.36. The highest BCUT2D eigenvalue weighted by Crippen LogP contribution is 2.33. The van der Waals surface area contributed by atoms with Crippen molar-refractivity contribution in [1.29, 1.82) is 0 Å². The molecule has 0 atom stereocenters. The number of nitrogens with two attached hydrogens (primary N) is 1. The summed E-state index contributed by atoms with van der Waals surface area (Å²) in [6.45, 7) is 0. The number of nitrogen functional groups attached to an aromatic ring is 1. The van der Waals surface area contributed by atoms with Crippen molar-refractivity contribution >= 4 is 60.7 Å². The van der Waals surface area contributed by atoms with Crippen LogP contribution in [-0.4, -0.2) is 19.9 Å². The molecule has 0 bridgehead atoms. The number of aromatic nitrogens is 4. The first-order chi connectivity index (χ1) is 9.81. The van der Waals surface area contributed by atoms with Gasteiger partial charge in [-0.25, -0.2) is 19.9 Å². The highest BCUT2D eigenvalue weighted by molar-refractivity contribution is 7.99. The fraction of sp³-hybridized carbons (Fsp3) is 0. The highest BCUT2D eigenvalue weighted by atomic mass is 32.2. The number of hydrogen-bond acceptors (Lipinski definition) is 8. The summed E-state index contributed by atoms with van der Waals surface area (Å²) in [6.07, 6.45) is 1.56. The van der Waals surface area contributed by atoms with Gasteiger partial charge in [0.15, 0.2) is 5.16 Å². The Kier molecular flexibility index (Phi) is 2.79. The molecule has 0 amide bonds. The summed E-state index contributed by atoms with van der Waals surface area (Å²) in [6, 6.07) is 3.95. The molecule has 0 radical (unpaired) electrons. The van der Waals surface area contributed by atoms with Gasteiger partial charge in [0.1, 0.15) is 26.8 Å². The molecular weight excluding hydrogens is 310 g/mol. The second-order valence-corrected chi connectivity index (χ2v) is 6.70. The fourth-order valence-corrected chi connectivity index (χ4v) is 4.29. The van der Waals surface area contributed by atoms with E-state index in [0.717, 1.165) is 25.5 Å². The van der Waals surface area contributed by atoms with Crippen LogP contribution in [0.25, 0.3) is 20.4 Å². The number of fused-ring (bicyclic) bond motifs is 2. The zero-order chi connectivity index (χ0) is 13.5. The molecule has 4 heterocycles. The van der Waals surface area contributed by atoms with Crippen LogP contribution in [0.4, 0.5) is 5.82 Å². The lowest BCUT2D eigenvalue weighted by molar-refractivity contribution is 1.01. The number of thiophene rings is 2. The van der Waals surface area contributed by atoms with Crippen LogP contribution in [0.5, 0.6) is 0 Å². The van der Waals surface area contributed by atoms with Crippen molar-refractivity contribution in [2.75, 3.05) is 5.73 Å². The zero-order valence-electron chi connectivity index (χ0n) is 9.98. The van der Waals surface area contributed by atoms with Crippen LogP contribution < -0.4 is 5.73 Å². The summed E-state index contributed by atoms with van der Waals surface area (Å²) in [4.78, 5) is 19.3. The van der Waals surface area contributed by atoms with E-state index < -0.39 is 0 Å². The minimum atomic E-state index is 0.509. The van der Waals surface area contributed by atoms with Gasteiger partial charge in [0.25, 0.3) is 0 Å². The molecule has 4 rings (SSSR count). The Bertz CT molecular complexity index is 914. The molecule has 0 saturated heterocycles. The summed E-state index contributed by atoms with van der Waals surface area (Å²) in [7, 11) is 0. The first kappa shape index (κ1) is 12.0. The minimum Gasteiger partial charge on any atom is -0.383 e. The number of rotatable bonds is 2. The molecule has 0 fully saturated rings. The van der Waals surface area contributed by atoms with E-state index in [0.29, 0.717) is 11.0 Å². The molecule has 0 aromatic carbocycles. The van der Waals surface area contributed by atoms with Crippen LogP contribution in [0.3, 0.4) is 0 Å². The van der Waals surface area contributed by atoms with Gasteiger partial charge in [-0.05, 0) is 34.7 Å². The summed E-state index contributed by atoms with van der Waals surface area (Å²) < 4.78 is 0. The van der Waals surface area contributed by atoms with Crippen LogP contribution in [0.15, 0.2) is 39.4 Å². The average Bonchev–Trinajstić information content (AvgIpc) is 3.06. The van der Waals surface area contributed by atoms with Gasteiger partial charge < -0.3 is 5.73 Å². The van der Waals surface area contributed by atoms with Crippen LogP contribution in [0.1, 0.15) is 0 Å². The van der Waals surface area contributed by atoms with Crippen molar-refractivity contribution in [3.63, 3.8) is 0 Å². The molecule has 98 valence electrons. The van der Waals surface area contributed by atoms with Gasteiger partial charge in [0.05, 0.1) is 5.39 Å². The first-order valence-corrected chi connectivity index (χ1v) is 8.25. The second kappa shape index (κ2) is 4.65. The lowest BCUT2D eigenvalue weighted by Gasteiger charge is -2.02. The molecule has 0 aliphatic heterocycles.